The van der Waals surface area contributed by atoms with Gasteiger partial charge in [0.25, 0.3) is 0 Å². The molecule has 0 bridgehead atoms. The summed E-state index contributed by atoms with van der Waals surface area (Å²) in [5.74, 6) is 0. The number of aryl methyl sites for hydroxylation is 5. The van der Waals surface area contributed by atoms with Crippen LogP contribution in [0.25, 0.3) is 27.7 Å². The Hall–Kier alpha value is -2.61. The maximum absolute atomic E-state index is 4.79. The van der Waals surface area contributed by atoms with Crippen molar-refractivity contribution < 1.29 is 0 Å². The molecule has 0 amide bonds. The zero-order valence-corrected chi connectivity index (χ0v) is 14.9. The standard InChI is InChI=1S/C22H22N2/c1-13-10-14(2)21(15(3)11-13)20-12-23-22-19-9-7-6-8-18(19)16(4)17(5)24(20)22/h6-12H,1-5H3. The van der Waals surface area contributed by atoms with E-state index in [0.29, 0.717) is 0 Å². The summed E-state index contributed by atoms with van der Waals surface area (Å²) in [5.41, 5.74) is 10.0. The highest BCUT2D eigenvalue weighted by Crippen LogP contribution is 2.33. The second kappa shape index (κ2) is 5.20. The van der Waals surface area contributed by atoms with Crippen molar-refractivity contribution in [1.82, 2.24) is 9.38 Å². The van der Waals surface area contributed by atoms with Gasteiger partial charge in [-0.05, 0) is 56.7 Å². The molecule has 0 fully saturated rings. The Balaban J connectivity index is 2.17. The summed E-state index contributed by atoms with van der Waals surface area (Å²) >= 11 is 0. The third kappa shape index (κ3) is 1.99. The average Bonchev–Trinajstić information content (AvgIpc) is 2.96. The topological polar surface area (TPSA) is 17.3 Å². The van der Waals surface area contributed by atoms with Gasteiger partial charge in [0, 0.05) is 16.6 Å². The van der Waals surface area contributed by atoms with Gasteiger partial charge in [0.2, 0.25) is 0 Å². The second-order valence-electron chi connectivity index (χ2n) is 6.83. The highest BCUT2D eigenvalue weighted by atomic mass is 15.0. The van der Waals surface area contributed by atoms with Gasteiger partial charge < -0.3 is 0 Å². The van der Waals surface area contributed by atoms with Gasteiger partial charge in [-0.1, -0.05) is 42.0 Å². The minimum Gasteiger partial charge on any atom is -0.296 e. The fraction of sp³-hybridized carbons (Fsp3) is 0.227. The summed E-state index contributed by atoms with van der Waals surface area (Å²) in [6, 6.07) is 13.1. The molecule has 4 rings (SSSR count). The first-order valence-corrected chi connectivity index (χ1v) is 8.42. The van der Waals surface area contributed by atoms with Crippen LogP contribution in [0.5, 0.6) is 0 Å². The molecule has 0 N–H and O–H groups in total. The lowest BCUT2D eigenvalue weighted by Crippen LogP contribution is -2.00. The molecule has 0 saturated heterocycles. The Kier molecular flexibility index (Phi) is 3.24. The number of nitrogens with zero attached hydrogens (tertiary/aromatic N) is 2. The third-order valence-corrected chi connectivity index (χ3v) is 5.15. The van der Waals surface area contributed by atoms with E-state index in [2.05, 4.69) is 75.4 Å². The molecule has 4 aromatic rings. The van der Waals surface area contributed by atoms with E-state index in [0.717, 1.165) is 5.65 Å². The zero-order chi connectivity index (χ0) is 17.0. The number of rotatable bonds is 1. The summed E-state index contributed by atoms with van der Waals surface area (Å²) in [7, 11) is 0. The molecule has 2 nitrogen and oxygen atoms in total. The second-order valence-corrected chi connectivity index (χ2v) is 6.83. The molecular weight excluding hydrogens is 292 g/mol. The maximum atomic E-state index is 4.79. The number of fused-ring (bicyclic) bond motifs is 3. The molecule has 120 valence electrons. The van der Waals surface area contributed by atoms with Crippen LogP contribution in [-0.2, 0) is 0 Å². The molecule has 2 aromatic carbocycles. The molecule has 0 spiro atoms. The molecule has 0 aliphatic carbocycles. The van der Waals surface area contributed by atoms with Crippen molar-refractivity contribution in [2.45, 2.75) is 34.6 Å². The van der Waals surface area contributed by atoms with Gasteiger partial charge in [0.05, 0.1) is 11.9 Å². The largest absolute Gasteiger partial charge is 0.296 e. The quantitative estimate of drug-likeness (QED) is 0.441. The van der Waals surface area contributed by atoms with Crippen molar-refractivity contribution in [3.8, 4) is 11.3 Å². The number of imidazole rings is 1. The first-order valence-electron chi connectivity index (χ1n) is 8.42. The van der Waals surface area contributed by atoms with Crippen molar-refractivity contribution in [3.63, 3.8) is 0 Å². The predicted octanol–water partition coefficient (Wildman–Crippen LogP) is 5.70. The van der Waals surface area contributed by atoms with Crippen LogP contribution in [-0.4, -0.2) is 9.38 Å². The van der Waals surface area contributed by atoms with Crippen molar-refractivity contribution in [1.29, 1.82) is 0 Å². The molecule has 0 saturated carbocycles. The SMILES string of the molecule is Cc1cc(C)c(-c2cnc3c4ccccc4c(C)c(C)n23)c(C)c1. The summed E-state index contributed by atoms with van der Waals surface area (Å²) in [6.07, 6.45) is 2.03. The van der Waals surface area contributed by atoms with Crippen molar-refractivity contribution in [2.75, 3.05) is 0 Å². The number of hydrogen-bond acceptors (Lipinski definition) is 1. The van der Waals surface area contributed by atoms with E-state index >= 15 is 0 Å². The summed E-state index contributed by atoms with van der Waals surface area (Å²) in [6.45, 7) is 10.9. The minimum absolute atomic E-state index is 1.04. The lowest BCUT2D eigenvalue weighted by atomic mass is 9.97. The monoisotopic (exact) mass is 314 g/mol. The van der Waals surface area contributed by atoms with Crippen LogP contribution < -0.4 is 0 Å². The van der Waals surface area contributed by atoms with Crippen molar-refractivity contribution >= 4 is 16.4 Å². The molecule has 0 radical (unpaired) electrons. The van der Waals surface area contributed by atoms with Crippen LogP contribution in [0.1, 0.15) is 27.9 Å². The van der Waals surface area contributed by atoms with Gasteiger partial charge in [-0.25, -0.2) is 4.98 Å². The van der Waals surface area contributed by atoms with Gasteiger partial charge in [-0.3, -0.25) is 4.40 Å². The first-order chi connectivity index (χ1) is 11.5. The number of benzene rings is 2. The fourth-order valence-electron chi connectivity index (χ4n) is 4.01. The zero-order valence-electron chi connectivity index (χ0n) is 14.9. The Morgan fingerprint density at radius 2 is 1.46 bits per heavy atom. The average molecular weight is 314 g/mol. The van der Waals surface area contributed by atoms with Crippen LogP contribution in [0, 0.1) is 34.6 Å². The van der Waals surface area contributed by atoms with E-state index in [-0.39, 0.29) is 0 Å². The van der Waals surface area contributed by atoms with E-state index in [9.17, 15) is 0 Å². The maximum Gasteiger partial charge on any atom is 0.145 e. The third-order valence-electron chi connectivity index (χ3n) is 5.15. The van der Waals surface area contributed by atoms with Gasteiger partial charge in [-0.15, -0.1) is 0 Å². The highest BCUT2D eigenvalue weighted by molar-refractivity contribution is 5.97. The van der Waals surface area contributed by atoms with E-state index in [1.165, 1.54) is 50.0 Å². The number of hydrogen-bond donors (Lipinski definition) is 0. The van der Waals surface area contributed by atoms with Gasteiger partial charge in [0.15, 0.2) is 0 Å². The molecule has 2 heterocycles. The molecule has 0 aliphatic rings. The van der Waals surface area contributed by atoms with E-state index in [1.807, 2.05) is 6.20 Å². The first kappa shape index (κ1) is 14.9. The van der Waals surface area contributed by atoms with Crippen molar-refractivity contribution in [2.24, 2.45) is 0 Å². The van der Waals surface area contributed by atoms with Gasteiger partial charge >= 0.3 is 0 Å². The van der Waals surface area contributed by atoms with Crippen LogP contribution in [0.15, 0.2) is 42.6 Å². The van der Waals surface area contributed by atoms with E-state index in [1.54, 1.807) is 0 Å². The summed E-state index contributed by atoms with van der Waals surface area (Å²) in [4.78, 5) is 4.79. The van der Waals surface area contributed by atoms with Gasteiger partial charge in [0.1, 0.15) is 5.65 Å². The lowest BCUT2D eigenvalue weighted by molar-refractivity contribution is 1.08. The van der Waals surface area contributed by atoms with E-state index < -0.39 is 0 Å². The number of aromatic nitrogens is 2. The Bertz CT molecular complexity index is 1080. The predicted molar refractivity (Wildman–Crippen MR) is 102 cm³/mol. The fourth-order valence-corrected chi connectivity index (χ4v) is 4.01. The van der Waals surface area contributed by atoms with Crippen molar-refractivity contribution in [3.05, 3.63) is 70.5 Å². The van der Waals surface area contributed by atoms with Crippen LogP contribution in [0.4, 0.5) is 0 Å². The number of pyridine rings is 1. The molecule has 2 heteroatoms. The molecule has 0 atom stereocenters. The van der Waals surface area contributed by atoms with Crippen LogP contribution in [0.3, 0.4) is 0 Å². The van der Waals surface area contributed by atoms with E-state index in [4.69, 9.17) is 4.98 Å². The molecule has 24 heavy (non-hydrogen) atoms. The summed E-state index contributed by atoms with van der Waals surface area (Å²) in [5, 5.41) is 2.51. The lowest BCUT2D eigenvalue weighted by Gasteiger charge is -2.15. The van der Waals surface area contributed by atoms with Gasteiger partial charge in [-0.2, -0.15) is 0 Å². The minimum atomic E-state index is 1.04. The smallest absolute Gasteiger partial charge is 0.145 e. The normalized spacial score (nSPS) is 11.5. The Morgan fingerprint density at radius 1 is 0.833 bits per heavy atom. The molecule has 0 aliphatic heterocycles. The highest BCUT2D eigenvalue weighted by Gasteiger charge is 2.16. The molecular formula is C22H22N2. The van der Waals surface area contributed by atoms with Crippen LogP contribution >= 0.6 is 0 Å². The van der Waals surface area contributed by atoms with Crippen LogP contribution in [0.2, 0.25) is 0 Å². The Morgan fingerprint density at radius 3 is 2.12 bits per heavy atom. The summed E-state index contributed by atoms with van der Waals surface area (Å²) < 4.78 is 2.32. The molecule has 0 unspecified atom stereocenters. The Labute approximate surface area is 142 Å². The molecule has 2 aromatic heterocycles.